The molecule has 0 bridgehead atoms. The first-order valence-electron chi connectivity index (χ1n) is 10.9. The molecule has 9 nitrogen and oxygen atoms in total. The van der Waals surface area contributed by atoms with Crippen LogP contribution in [0.1, 0.15) is 33.6 Å². The molecule has 3 heterocycles. The van der Waals surface area contributed by atoms with E-state index in [0.29, 0.717) is 13.1 Å². The zero-order chi connectivity index (χ0) is 21.7. The summed E-state index contributed by atoms with van der Waals surface area (Å²) in [5.41, 5.74) is 6.47. The van der Waals surface area contributed by atoms with Gasteiger partial charge in [0.1, 0.15) is 12.4 Å². The van der Waals surface area contributed by atoms with Gasteiger partial charge in [0.05, 0.1) is 30.2 Å². The summed E-state index contributed by atoms with van der Waals surface area (Å²) in [6, 6.07) is 5.89. The van der Waals surface area contributed by atoms with Gasteiger partial charge in [-0.05, 0) is 44.4 Å². The van der Waals surface area contributed by atoms with Gasteiger partial charge in [0.2, 0.25) is 11.8 Å². The summed E-state index contributed by atoms with van der Waals surface area (Å²) >= 11 is 0. The van der Waals surface area contributed by atoms with Crippen LogP contribution in [0, 0.1) is 5.92 Å². The highest BCUT2D eigenvalue weighted by Gasteiger charge is 2.39. The Morgan fingerprint density at radius 1 is 1.19 bits per heavy atom. The van der Waals surface area contributed by atoms with Crippen LogP contribution in [0.25, 0.3) is 11.1 Å². The Labute approximate surface area is 181 Å². The number of aromatic nitrogens is 2. The molecule has 3 aliphatic rings. The van der Waals surface area contributed by atoms with Gasteiger partial charge in [0.25, 0.3) is 0 Å². The Bertz CT molecular complexity index is 1020. The highest BCUT2D eigenvalue weighted by molar-refractivity contribution is 6.06. The van der Waals surface area contributed by atoms with Crippen LogP contribution in [0.5, 0.6) is 0 Å². The lowest BCUT2D eigenvalue weighted by atomic mass is 10.0. The van der Waals surface area contributed by atoms with Crippen LogP contribution < -0.4 is 20.6 Å². The van der Waals surface area contributed by atoms with Gasteiger partial charge in [-0.3, -0.25) is 24.4 Å². The molecular formula is C22H28N6O3. The molecular weight excluding hydrogens is 396 g/mol. The van der Waals surface area contributed by atoms with Crippen molar-refractivity contribution < 1.29 is 14.4 Å². The lowest BCUT2D eigenvalue weighted by molar-refractivity contribution is -0.120. The average Bonchev–Trinajstić information content (AvgIpc) is 3.36. The Hall–Kier alpha value is -2.75. The van der Waals surface area contributed by atoms with E-state index in [1.54, 1.807) is 11.8 Å². The molecule has 2 unspecified atom stereocenters. The Balaban J connectivity index is 1.45. The van der Waals surface area contributed by atoms with Crippen LogP contribution in [0.2, 0.25) is 0 Å². The Kier molecular flexibility index (Phi) is 5.04. The van der Waals surface area contributed by atoms with Gasteiger partial charge in [-0.15, -0.1) is 0 Å². The van der Waals surface area contributed by atoms with Gasteiger partial charge in [0, 0.05) is 31.1 Å². The number of rotatable bonds is 4. The predicted octanol–water partition coefficient (Wildman–Crippen LogP) is 1.84. The first-order valence-corrected chi connectivity index (χ1v) is 10.9. The van der Waals surface area contributed by atoms with Crippen molar-refractivity contribution in [3.05, 3.63) is 30.6 Å². The fourth-order valence-corrected chi connectivity index (χ4v) is 4.47. The second-order valence-corrected chi connectivity index (χ2v) is 8.71. The Morgan fingerprint density at radius 2 is 2.00 bits per heavy atom. The lowest BCUT2D eigenvalue weighted by Gasteiger charge is -2.41. The molecule has 2 fully saturated rings. The van der Waals surface area contributed by atoms with Crippen molar-refractivity contribution in [2.45, 2.75) is 58.6 Å². The Morgan fingerprint density at radius 3 is 2.68 bits per heavy atom. The van der Waals surface area contributed by atoms with E-state index >= 15 is 0 Å². The zero-order valence-corrected chi connectivity index (χ0v) is 18.0. The standard InChI is InChI=1S/C22H28N6O3/c1-13-10-27(22(30)16-4-5-16)20-8-17(6-7-19(20)28(13)15(3)29)18-9-23-26(11-18)12-21-24-14(2)31-25-21/h6-9,11,13-14,16,21,24-25H,4-5,10,12H2,1-3H3/t13-,14?,21?/m0/s1. The van der Waals surface area contributed by atoms with Gasteiger partial charge in [-0.25, -0.2) is 0 Å². The molecule has 1 saturated heterocycles. The second kappa shape index (κ2) is 7.74. The van der Waals surface area contributed by atoms with Crippen LogP contribution >= 0.6 is 0 Å². The number of fused-ring (bicyclic) bond motifs is 1. The van der Waals surface area contributed by atoms with E-state index in [1.807, 2.05) is 54.0 Å². The van der Waals surface area contributed by atoms with Gasteiger partial charge < -0.3 is 9.80 Å². The third-order valence-electron chi connectivity index (χ3n) is 6.10. The van der Waals surface area contributed by atoms with E-state index < -0.39 is 0 Å². The third-order valence-corrected chi connectivity index (χ3v) is 6.10. The number of amides is 2. The summed E-state index contributed by atoms with van der Waals surface area (Å²) in [6.45, 7) is 6.64. The zero-order valence-electron chi connectivity index (χ0n) is 18.0. The highest BCUT2D eigenvalue weighted by Crippen LogP contribution is 2.42. The van der Waals surface area contributed by atoms with Crippen LogP contribution in [0.4, 0.5) is 11.4 Å². The SMILES string of the molecule is CC(=O)N1c2ccc(-c3cnn(CC4NOC(C)N4)c3)cc2N(C(=O)C2CC2)C[C@@H]1C. The fraction of sp³-hybridized carbons (Fsp3) is 0.500. The van der Waals surface area contributed by atoms with Gasteiger partial charge in [-0.1, -0.05) is 6.07 Å². The van der Waals surface area contributed by atoms with Crippen molar-refractivity contribution in [3.63, 3.8) is 0 Å². The number of hydroxylamine groups is 1. The van der Waals surface area contributed by atoms with Crippen LogP contribution in [-0.4, -0.2) is 46.6 Å². The van der Waals surface area contributed by atoms with E-state index in [-0.39, 0.29) is 36.2 Å². The number of benzene rings is 1. The summed E-state index contributed by atoms with van der Waals surface area (Å²) in [5.74, 6) is 0.267. The van der Waals surface area contributed by atoms with Crippen molar-refractivity contribution in [3.8, 4) is 11.1 Å². The maximum Gasteiger partial charge on any atom is 0.230 e. The van der Waals surface area contributed by atoms with Gasteiger partial charge in [0.15, 0.2) is 0 Å². The minimum Gasteiger partial charge on any atom is -0.308 e. The summed E-state index contributed by atoms with van der Waals surface area (Å²) in [4.78, 5) is 34.3. The highest BCUT2D eigenvalue weighted by atomic mass is 16.7. The second-order valence-electron chi connectivity index (χ2n) is 8.71. The molecule has 31 heavy (non-hydrogen) atoms. The van der Waals surface area contributed by atoms with E-state index in [1.165, 1.54) is 0 Å². The molecule has 3 atom stereocenters. The van der Waals surface area contributed by atoms with Crippen molar-refractivity contribution >= 4 is 23.2 Å². The maximum atomic E-state index is 13.0. The van der Waals surface area contributed by atoms with Crippen molar-refractivity contribution in [2.24, 2.45) is 5.92 Å². The number of carbonyl (C=O) groups is 2. The molecule has 1 aliphatic carbocycles. The van der Waals surface area contributed by atoms with E-state index in [9.17, 15) is 9.59 Å². The average molecular weight is 425 g/mol. The van der Waals surface area contributed by atoms with Crippen molar-refractivity contribution in [1.29, 1.82) is 0 Å². The molecule has 0 radical (unpaired) electrons. The lowest BCUT2D eigenvalue weighted by Crippen LogP contribution is -2.51. The van der Waals surface area contributed by atoms with Crippen molar-refractivity contribution in [1.82, 2.24) is 20.6 Å². The fourth-order valence-electron chi connectivity index (χ4n) is 4.47. The number of anilines is 2. The van der Waals surface area contributed by atoms with Crippen LogP contribution in [0.15, 0.2) is 30.6 Å². The molecule has 9 heteroatoms. The minimum absolute atomic E-state index is 0.0106. The number of nitrogens with zero attached hydrogens (tertiary/aromatic N) is 4. The largest absolute Gasteiger partial charge is 0.308 e. The van der Waals surface area contributed by atoms with E-state index in [4.69, 9.17) is 4.84 Å². The number of nitrogens with one attached hydrogen (secondary N) is 2. The molecule has 164 valence electrons. The molecule has 1 aromatic carbocycles. The minimum atomic E-state index is -0.0580. The first-order chi connectivity index (χ1) is 14.9. The molecule has 2 N–H and O–H groups in total. The molecule has 2 aliphatic heterocycles. The van der Waals surface area contributed by atoms with E-state index in [0.717, 1.165) is 35.3 Å². The van der Waals surface area contributed by atoms with Gasteiger partial charge in [-0.2, -0.15) is 10.6 Å². The molecule has 2 aromatic rings. The number of carbonyl (C=O) groups excluding carboxylic acids is 2. The molecule has 1 aromatic heterocycles. The summed E-state index contributed by atoms with van der Waals surface area (Å²) in [5, 5.41) is 7.75. The first kappa shape index (κ1) is 20.2. The smallest absolute Gasteiger partial charge is 0.230 e. The summed E-state index contributed by atoms with van der Waals surface area (Å²) in [7, 11) is 0. The maximum absolute atomic E-state index is 13.0. The van der Waals surface area contributed by atoms with E-state index in [2.05, 4.69) is 15.9 Å². The van der Waals surface area contributed by atoms with Gasteiger partial charge >= 0.3 is 0 Å². The topological polar surface area (TPSA) is 91.7 Å². The molecule has 1 saturated carbocycles. The third kappa shape index (κ3) is 3.84. The number of hydrogen-bond acceptors (Lipinski definition) is 6. The monoisotopic (exact) mass is 424 g/mol. The predicted molar refractivity (Wildman–Crippen MR) is 116 cm³/mol. The number of hydrogen-bond donors (Lipinski definition) is 2. The molecule has 0 spiro atoms. The quantitative estimate of drug-likeness (QED) is 0.778. The van der Waals surface area contributed by atoms with Crippen molar-refractivity contribution in [2.75, 3.05) is 16.3 Å². The molecule has 2 amide bonds. The van der Waals surface area contributed by atoms with Crippen LogP contribution in [-0.2, 0) is 21.0 Å². The summed E-state index contributed by atoms with van der Waals surface area (Å²) in [6.07, 6.45) is 5.66. The normalized spacial score (nSPS) is 25.6. The molecule has 5 rings (SSSR count). The summed E-state index contributed by atoms with van der Waals surface area (Å²) < 4.78 is 1.86. The van der Waals surface area contributed by atoms with Crippen LogP contribution in [0.3, 0.4) is 0 Å².